The van der Waals surface area contributed by atoms with Crippen molar-refractivity contribution in [2.75, 3.05) is 11.9 Å². The van der Waals surface area contributed by atoms with Gasteiger partial charge in [-0.1, -0.05) is 30.2 Å². The molecular formula is C15H16N4O. The van der Waals surface area contributed by atoms with Gasteiger partial charge in [0.25, 0.3) is 0 Å². The minimum atomic E-state index is -0.345. The van der Waals surface area contributed by atoms with Gasteiger partial charge in [0.1, 0.15) is 5.82 Å². The smallest absolute Gasteiger partial charge is 0.321 e. The van der Waals surface area contributed by atoms with Gasteiger partial charge in [0, 0.05) is 18.7 Å². The van der Waals surface area contributed by atoms with Crippen molar-refractivity contribution < 1.29 is 4.79 Å². The van der Waals surface area contributed by atoms with Crippen LogP contribution in [0, 0.1) is 19.3 Å². The van der Waals surface area contributed by atoms with Gasteiger partial charge in [0.2, 0.25) is 0 Å². The number of urea groups is 1. The first-order valence-electron chi connectivity index (χ1n) is 6.20. The van der Waals surface area contributed by atoms with E-state index in [-0.39, 0.29) is 12.6 Å². The molecule has 0 atom stereocenters. The summed E-state index contributed by atoms with van der Waals surface area (Å²) < 4.78 is 1.62. The van der Waals surface area contributed by atoms with Crippen LogP contribution in [-0.2, 0) is 7.05 Å². The maximum atomic E-state index is 11.6. The third-order valence-electron chi connectivity index (χ3n) is 2.89. The summed E-state index contributed by atoms with van der Waals surface area (Å²) in [6.07, 6.45) is 5.09. The first-order valence-corrected chi connectivity index (χ1v) is 6.20. The Labute approximate surface area is 118 Å². The second-order valence-corrected chi connectivity index (χ2v) is 4.37. The molecule has 2 N–H and O–H groups in total. The van der Waals surface area contributed by atoms with Crippen LogP contribution in [0.15, 0.2) is 30.3 Å². The highest BCUT2D eigenvalue weighted by Crippen LogP contribution is 2.24. The molecule has 1 heterocycles. The molecule has 102 valence electrons. The number of terminal acetylenes is 1. The van der Waals surface area contributed by atoms with Crippen molar-refractivity contribution in [2.45, 2.75) is 6.92 Å². The number of anilines is 1. The predicted molar refractivity (Wildman–Crippen MR) is 79.2 cm³/mol. The van der Waals surface area contributed by atoms with Crippen molar-refractivity contribution in [3.8, 4) is 23.6 Å². The third kappa shape index (κ3) is 2.98. The van der Waals surface area contributed by atoms with Crippen molar-refractivity contribution in [3.05, 3.63) is 35.9 Å². The quantitative estimate of drug-likeness (QED) is 0.838. The van der Waals surface area contributed by atoms with Gasteiger partial charge < -0.3 is 5.32 Å². The lowest BCUT2D eigenvalue weighted by molar-refractivity contribution is 0.253. The molecule has 0 bridgehead atoms. The van der Waals surface area contributed by atoms with Gasteiger partial charge in [-0.2, -0.15) is 5.10 Å². The number of aryl methyl sites for hydroxylation is 2. The number of hydrogen-bond acceptors (Lipinski definition) is 2. The monoisotopic (exact) mass is 268 g/mol. The number of hydrogen-bond donors (Lipinski definition) is 2. The third-order valence-corrected chi connectivity index (χ3v) is 2.89. The Morgan fingerprint density at radius 3 is 2.90 bits per heavy atom. The van der Waals surface area contributed by atoms with E-state index in [0.717, 1.165) is 16.8 Å². The Bertz CT molecular complexity index is 667. The maximum absolute atomic E-state index is 11.6. The van der Waals surface area contributed by atoms with Crippen LogP contribution in [0.3, 0.4) is 0 Å². The van der Waals surface area contributed by atoms with Crippen LogP contribution >= 0.6 is 0 Å². The lowest BCUT2D eigenvalue weighted by atomic mass is 10.1. The summed E-state index contributed by atoms with van der Waals surface area (Å²) in [6, 6.07) is 9.45. The standard InChI is InChI=1S/C15H16N4O/c1-4-9-16-15(20)17-14-10-13(18-19(14)3)12-8-6-5-7-11(12)2/h1,5-8,10H,9H2,2-3H3,(H2,16,17,20). The summed E-state index contributed by atoms with van der Waals surface area (Å²) in [5.41, 5.74) is 2.99. The zero-order valence-electron chi connectivity index (χ0n) is 11.5. The first-order chi connectivity index (χ1) is 9.61. The van der Waals surface area contributed by atoms with Crippen LogP contribution in [0.4, 0.5) is 10.6 Å². The van der Waals surface area contributed by atoms with Gasteiger partial charge in [0.05, 0.1) is 12.2 Å². The van der Waals surface area contributed by atoms with Crippen molar-refractivity contribution in [2.24, 2.45) is 7.05 Å². The number of nitrogens with one attached hydrogen (secondary N) is 2. The molecule has 0 aliphatic heterocycles. The molecular weight excluding hydrogens is 252 g/mol. The van der Waals surface area contributed by atoms with Crippen molar-refractivity contribution >= 4 is 11.8 Å². The van der Waals surface area contributed by atoms with Crippen molar-refractivity contribution in [1.82, 2.24) is 15.1 Å². The zero-order valence-corrected chi connectivity index (χ0v) is 11.5. The van der Waals surface area contributed by atoms with E-state index in [0.29, 0.717) is 5.82 Å². The van der Waals surface area contributed by atoms with E-state index in [9.17, 15) is 4.79 Å². The highest BCUT2D eigenvalue weighted by Gasteiger charge is 2.10. The van der Waals surface area contributed by atoms with Gasteiger partial charge in [-0.25, -0.2) is 4.79 Å². The molecule has 5 heteroatoms. The van der Waals surface area contributed by atoms with E-state index in [1.165, 1.54) is 0 Å². The molecule has 0 aliphatic rings. The molecule has 0 radical (unpaired) electrons. The highest BCUT2D eigenvalue weighted by atomic mass is 16.2. The summed E-state index contributed by atoms with van der Waals surface area (Å²) in [5, 5.41) is 9.66. The molecule has 0 saturated heterocycles. The number of rotatable bonds is 3. The molecule has 20 heavy (non-hydrogen) atoms. The zero-order chi connectivity index (χ0) is 14.5. The van der Waals surface area contributed by atoms with Gasteiger partial charge in [0.15, 0.2) is 0 Å². The van der Waals surface area contributed by atoms with E-state index in [1.807, 2.05) is 37.3 Å². The lowest BCUT2D eigenvalue weighted by Gasteiger charge is -2.04. The summed E-state index contributed by atoms with van der Waals surface area (Å²) in [6.45, 7) is 2.21. The largest absolute Gasteiger partial charge is 0.327 e. The molecule has 2 aromatic rings. The summed E-state index contributed by atoms with van der Waals surface area (Å²) in [4.78, 5) is 11.6. The highest BCUT2D eigenvalue weighted by molar-refractivity contribution is 5.89. The predicted octanol–water partition coefficient (Wildman–Crippen LogP) is 2.15. The minimum Gasteiger partial charge on any atom is -0.327 e. The van der Waals surface area contributed by atoms with Crippen LogP contribution in [0.25, 0.3) is 11.3 Å². The Hall–Kier alpha value is -2.74. The summed E-state index contributed by atoms with van der Waals surface area (Å²) in [7, 11) is 1.78. The SMILES string of the molecule is C#CCNC(=O)Nc1cc(-c2ccccc2C)nn1C. The molecule has 0 spiro atoms. The molecule has 1 aromatic heterocycles. The van der Waals surface area contributed by atoms with Gasteiger partial charge in [-0.15, -0.1) is 6.42 Å². The average Bonchev–Trinajstić information content (AvgIpc) is 2.78. The Balaban J connectivity index is 2.20. The van der Waals surface area contributed by atoms with Crippen LogP contribution in [0.5, 0.6) is 0 Å². The fourth-order valence-corrected chi connectivity index (χ4v) is 1.87. The number of carbonyl (C=O) groups is 1. The number of benzene rings is 1. The van der Waals surface area contributed by atoms with E-state index < -0.39 is 0 Å². The van der Waals surface area contributed by atoms with Crippen LogP contribution in [-0.4, -0.2) is 22.4 Å². The number of nitrogens with zero attached hydrogens (tertiary/aromatic N) is 2. The minimum absolute atomic E-state index is 0.189. The Kier molecular flexibility index (Phi) is 4.06. The van der Waals surface area contributed by atoms with E-state index in [1.54, 1.807) is 11.7 Å². The maximum Gasteiger partial charge on any atom is 0.321 e. The topological polar surface area (TPSA) is 59.0 Å². The van der Waals surface area contributed by atoms with E-state index >= 15 is 0 Å². The second kappa shape index (κ2) is 5.93. The normalized spacial score (nSPS) is 9.85. The summed E-state index contributed by atoms with van der Waals surface area (Å²) >= 11 is 0. The van der Waals surface area contributed by atoms with Crippen LogP contribution < -0.4 is 10.6 Å². The second-order valence-electron chi connectivity index (χ2n) is 4.37. The number of aromatic nitrogens is 2. The fraction of sp³-hybridized carbons (Fsp3) is 0.200. The molecule has 2 rings (SSSR count). The molecule has 1 aromatic carbocycles. The van der Waals surface area contributed by atoms with Crippen molar-refractivity contribution in [1.29, 1.82) is 0 Å². The van der Waals surface area contributed by atoms with Crippen LogP contribution in [0.2, 0.25) is 0 Å². The van der Waals surface area contributed by atoms with Crippen LogP contribution in [0.1, 0.15) is 5.56 Å². The van der Waals surface area contributed by atoms with Gasteiger partial charge >= 0.3 is 6.03 Å². The fourth-order valence-electron chi connectivity index (χ4n) is 1.87. The molecule has 0 aliphatic carbocycles. The molecule has 5 nitrogen and oxygen atoms in total. The lowest BCUT2D eigenvalue weighted by Crippen LogP contribution is -2.29. The first kappa shape index (κ1) is 13.7. The summed E-state index contributed by atoms with van der Waals surface area (Å²) in [5.74, 6) is 2.95. The number of carbonyl (C=O) groups excluding carboxylic acids is 1. The molecule has 0 saturated carbocycles. The molecule has 0 unspecified atom stereocenters. The molecule has 0 fully saturated rings. The van der Waals surface area contributed by atoms with Gasteiger partial charge in [-0.05, 0) is 12.5 Å². The Morgan fingerprint density at radius 1 is 1.45 bits per heavy atom. The Morgan fingerprint density at radius 2 is 2.20 bits per heavy atom. The van der Waals surface area contributed by atoms with E-state index in [2.05, 4.69) is 21.7 Å². The molecule has 2 amide bonds. The van der Waals surface area contributed by atoms with Crippen molar-refractivity contribution in [3.63, 3.8) is 0 Å². The number of amides is 2. The average molecular weight is 268 g/mol. The van der Waals surface area contributed by atoms with Gasteiger partial charge in [-0.3, -0.25) is 10.00 Å². The van der Waals surface area contributed by atoms with E-state index in [4.69, 9.17) is 6.42 Å².